The van der Waals surface area contributed by atoms with Gasteiger partial charge in [0.1, 0.15) is 9.28 Å². The van der Waals surface area contributed by atoms with Crippen LogP contribution in [0.1, 0.15) is 5.56 Å². The maximum atomic E-state index is 5.39. The maximum absolute atomic E-state index is 5.39. The van der Waals surface area contributed by atoms with E-state index in [1.165, 1.54) is 5.56 Å². The summed E-state index contributed by atoms with van der Waals surface area (Å²) in [6.45, 7) is 0. The fraction of sp³-hybridized carbons (Fsp3) is 0.133. The zero-order chi connectivity index (χ0) is 13.5. The number of hydrogen-bond acceptors (Lipinski definition) is 4. The van der Waals surface area contributed by atoms with Crippen molar-refractivity contribution in [3.05, 3.63) is 60.2 Å². The van der Waals surface area contributed by atoms with Crippen LogP contribution in [-0.2, 0) is 5.75 Å². The molecule has 0 aliphatic heterocycles. The first kappa shape index (κ1) is 14.4. The molecule has 0 fully saturated rings. The van der Waals surface area contributed by atoms with Gasteiger partial charge in [-0.2, -0.15) is 0 Å². The molecule has 0 saturated heterocycles. The molecular weight excluding hydrogens is 292 g/mol. The van der Waals surface area contributed by atoms with Crippen LogP contribution in [0.4, 0.5) is 0 Å². The number of hydrogen-bond donors (Lipinski definition) is 0. The monoisotopic (exact) mass is 306 g/mol. The molecular formula is C15H14OS3. The lowest BCUT2D eigenvalue weighted by molar-refractivity contribution is 0.414. The molecule has 0 amide bonds. The molecule has 0 radical (unpaired) electrons. The van der Waals surface area contributed by atoms with E-state index in [1.54, 1.807) is 30.6 Å². The first-order valence-corrected chi connectivity index (χ1v) is 8.01. The van der Waals surface area contributed by atoms with Crippen molar-refractivity contribution in [3.8, 4) is 5.75 Å². The van der Waals surface area contributed by atoms with Crippen molar-refractivity contribution in [2.45, 2.75) is 10.6 Å². The smallest absolute Gasteiger partial charge is 0.118 e. The summed E-state index contributed by atoms with van der Waals surface area (Å²) in [4.78, 5) is 1.14. The predicted octanol–water partition coefficient (Wildman–Crippen LogP) is 5.01. The highest BCUT2D eigenvalue weighted by Crippen LogP contribution is 2.29. The Morgan fingerprint density at radius 2 is 1.74 bits per heavy atom. The minimum Gasteiger partial charge on any atom is -0.497 e. The van der Waals surface area contributed by atoms with Gasteiger partial charge in [0, 0.05) is 10.6 Å². The van der Waals surface area contributed by atoms with Crippen molar-refractivity contribution in [2.24, 2.45) is 0 Å². The summed E-state index contributed by atoms with van der Waals surface area (Å²) in [5, 5.41) is 0. The van der Waals surface area contributed by atoms with Gasteiger partial charge in [-0.1, -0.05) is 54.3 Å². The molecule has 0 saturated carbocycles. The lowest BCUT2D eigenvalue weighted by Crippen LogP contribution is -1.85. The van der Waals surface area contributed by atoms with Gasteiger partial charge in [0.15, 0.2) is 0 Å². The summed E-state index contributed by atoms with van der Waals surface area (Å²) in [5.74, 6) is 1.79. The Bertz CT molecular complexity index is 523. The number of rotatable bonds is 4. The molecule has 2 aromatic rings. The van der Waals surface area contributed by atoms with Crippen LogP contribution >= 0.6 is 35.7 Å². The van der Waals surface area contributed by atoms with Gasteiger partial charge in [-0.3, -0.25) is 0 Å². The second kappa shape index (κ2) is 7.58. The molecule has 4 heteroatoms. The van der Waals surface area contributed by atoms with E-state index in [1.807, 2.05) is 30.3 Å². The van der Waals surface area contributed by atoms with Gasteiger partial charge in [0.2, 0.25) is 0 Å². The molecule has 2 aromatic carbocycles. The first-order chi connectivity index (χ1) is 9.28. The molecule has 98 valence electrons. The van der Waals surface area contributed by atoms with E-state index >= 15 is 0 Å². The fourth-order valence-electron chi connectivity index (χ4n) is 1.49. The van der Waals surface area contributed by atoms with E-state index in [0.29, 0.717) is 0 Å². The van der Waals surface area contributed by atoms with Crippen LogP contribution in [0.2, 0.25) is 0 Å². The van der Waals surface area contributed by atoms with Crippen LogP contribution in [0.15, 0.2) is 59.5 Å². The highest BCUT2D eigenvalue weighted by atomic mass is 32.2. The van der Waals surface area contributed by atoms with Crippen molar-refractivity contribution in [3.63, 3.8) is 0 Å². The number of methoxy groups -OCH3 is 1. The Kier molecular flexibility index (Phi) is 5.76. The Labute approximate surface area is 127 Å². The van der Waals surface area contributed by atoms with Crippen molar-refractivity contribution < 1.29 is 4.74 Å². The highest BCUT2D eigenvalue weighted by molar-refractivity contribution is 8.46. The number of thioether (sulfide) groups is 2. The van der Waals surface area contributed by atoms with Gasteiger partial charge in [-0.05, 0) is 29.8 Å². The summed E-state index contributed by atoms with van der Waals surface area (Å²) in [6, 6.07) is 18.3. The van der Waals surface area contributed by atoms with Crippen molar-refractivity contribution in [2.75, 3.05) is 7.11 Å². The van der Waals surface area contributed by atoms with E-state index in [0.717, 1.165) is 19.9 Å². The molecule has 0 aromatic heterocycles. The average Bonchev–Trinajstić information content (AvgIpc) is 2.47. The van der Waals surface area contributed by atoms with E-state index in [2.05, 4.69) is 24.3 Å². The van der Waals surface area contributed by atoms with Crippen LogP contribution in [0.25, 0.3) is 0 Å². The molecule has 0 spiro atoms. The number of thiocarbonyl (C=S) groups is 1. The second-order valence-corrected chi connectivity index (χ2v) is 7.05. The van der Waals surface area contributed by atoms with Gasteiger partial charge in [-0.15, -0.1) is 11.8 Å². The van der Waals surface area contributed by atoms with Crippen LogP contribution < -0.4 is 4.74 Å². The van der Waals surface area contributed by atoms with E-state index in [9.17, 15) is 0 Å². The van der Waals surface area contributed by atoms with E-state index in [-0.39, 0.29) is 0 Å². The van der Waals surface area contributed by atoms with Crippen molar-refractivity contribution in [1.82, 2.24) is 0 Å². The second-order valence-electron chi connectivity index (χ2n) is 3.80. The summed E-state index contributed by atoms with van der Waals surface area (Å²) in [6.07, 6.45) is 0. The summed E-state index contributed by atoms with van der Waals surface area (Å²) < 4.78 is 6.07. The molecule has 0 heterocycles. The fourth-order valence-corrected chi connectivity index (χ4v) is 3.59. The minimum absolute atomic E-state index is 0.868. The summed E-state index contributed by atoms with van der Waals surface area (Å²) in [7, 11) is 1.67. The summed E-state index contributed by atoms with van der Waals surface area (Å²) in [5.41, 5.74) is 1.30. The zero-order valence-corrected chi connectivity index (χ0v) is 13.0. The van der Waals surface area contributed by atoms with Crippen LogP contribution in [0.3, 0.4) is 0 Å². The van der Waals surface area contributed by atoms with Crippen LogP contribution in [0.5, 0.6) is 5.75 Å². The number of ether oxygens (including phenoxy) is 1. The Balaban J connectivity index is 1.83. The quantitative estimate of drug-likeness (QED) is 0.580. The third-order valence-corrected chi connectivity index (χ3v) is 5.06. The van der Waals surface area contributed by atoms with Crippen molar-refractivity contribution >= 4 is 39.3 Å². The largest absolute Gasteiger partial charge is 0.497 e. The number of benzene rings is 2. The third kappa shape index (κ3) is 4.90. The predicted molar refractivity (Wildman–Crippen MR) is 89.2 cm³/mol. The standard InChI is InChI=1S/C15H14OS3/c1-16-13-7-9-14(10-8-13)19-15(17)18-11-12-5-3-2-4-6-12/h2-10H,11H2,1H3. The zero-order valence-electron chi connectivity index (χ0n) is 10.5. The summed E-state index contributed by atoms with van der Waals surface area (Å²) >= 11 is 8.71. The third-order valence-electron chi connectivity index (χ3n) is 2.46. The minimum atomic E-state index is 0.868. The molecule has 0 unspecified atom stereocenters. The normalized spacial score (nSPS) is 10.2. The lowest BCUT2D eigenvalue weighted by atomic mass is 10.2. The molecule has 0 N–H and O–H groups in total. The van der Waals surface area contributed by atoms with Gasteiger partial charge >= 0.3 is 0 Å². The van der Waals surface area contributed by atoms with Crippen molar-refractivity contribution in [1.29, 1.82) is 0 Å². The molecule has 2 rings (SSSR count). The molecule has 0 bridgehead atoms. The Hall–Kier alpha value is -0.970. The first-order valence-electron chi connectivity index (χ1n) is 5.80. The van der Waals surface area contributed by atoms with Crippen LogP contribution in [0, 0.1) is 0 Å². The topological polar surface area (TPSA) is 9.23 Å². The molecule has 0 atom stereocenters. The maximum Gasteiger partial charge on any atom is 0.118 e. The van der Waals surface area contributed by atoms with Gasteiger partial charge in [-0.25, -0.2) is 0 Å². The average molecular weight is 306 g/mol. The molecule has 1 nitrogen and oxygen atoms in total. The van der Waals surface area contributed by atoms with E-state index < -0.39 is 0 Å². The van der Waals surface area contributed by atoms with Crippen LogP contribution in [-0.4, -0.2) is 10.6 Å². The SMILES string of the molecule is COc1ccc(SC(=S)SCc2ccccc2)cc1. The molecule has 19 heavy (non-hydrogen) atoms. The highest BCUT2D eigenvalue weighted by Gasteiger charge is 2.02. The molecule has 0 aliphatic rings. The van der Waals surface area contributed by atoms with E-state index in [4.69, 9.17) is 17.0 Å². The van der Waals surface area contributed by atoms with Gasteiger partial charge in [0.05, 0.1) is 7.11 Å². The van der Waals surface area contributed by atoms with Gasteiger partial charge < -0.3 is 4.74 Å². The Morgan fingerprint density at radius 3 is 2.37 bits per heavy atom. The molecule has 0 aliphatic carbocycles. The lowest BCUT2D eigenvalue weighted by Gasteiger charge is -2.05. The Morgan fingerprint density at radius 1 is 1.05 bits per heavy atom. The van der Waals surface area contributed by atoms with Gasteiger partial charge in [0.25, 0.3) is 0 Å².